The number of carbonyl (C=O) groups excluding carboxylic acids is 1. The summed E-state index contributed by atoms with van der Waals surface area (Å²) in [4.78, 5) is 22.9. The lowest BCUT2D eigenvalue weighted by Crippen LogP contribution is -2.09. The third-order valence-corrected chi connectivity index (χ3v) is 5.37. The van der Waals surface area contributed by atoms with Gasteiger partial charge in [0.15, 0.2) is 11.5 Å². The number of nitro benzene ring substituents is 1. The van der Waals surface area contributed by atoms with Crippen molar-refractivity contribution in [1.82, 2.24) is 0 Å². The molecule has 0 unspecified atom stereocenters. The molecule has 0 fully saturated rings. The molecule has 6 nitrogen and oxygen atoms in total. The van der Waals surface area contributed by atoms with Crippen molar-refractivity contribution in [3.63, 3.8) is 0 Å². The second-order valence-electron chi connectivity index (χ2n) is 7.12. The number of hydrogen-bond acceptors (Lipinski definition) is 5. The van der Waals surface area contributed by atoms with Gasteiger partial charge in [-0.2, -0.15) is 0 Å². The Bertz CT molecular complexity index is 1390. The Morgan fingerprint density at radius 2 is 1.73 bits per heavy atom. The van der Waals surface area contributed by atoms with Crippen molar-refractivity contribution in [2.45, 2.75) is 0 Å². The van der Waals surface area contributed by atoms with Crippen molar-refractivity contribution in [3.8, 4) is 11.5 Å². The fourth-order valence-corrected chi connectivity index (χ4v) is 3.58. The highest BCUT2D eigenvalue weighted by Crippen LogP contribution is 2.31. The third kappa shape index (κ3) is 4.86. The van der Waals surface area contributed by atoms with Gasteiger partial charge in [0, 0.05) is 6.07 Å². The Labute approximate surface area is 194 Å². The van der Waals surface area contributed by atoms with Crippen LogP contribution in [0.25, 0.3) is 22.9 Å². The summed E-state index contributed by atoms with van der Waals surface area (Å²) < 4.78 is 10.8. The van der Waals surface area contributed by atoms with Gasteiger partial charge in [0.1, 0.15) is 5.02 Å². The summed E-state index contributed by atoms with van der Waals surface area (Å²) in [6.45, 7) is 0. The minimum atomic E-state index is -0.757. The molecule has 0 aromatic heterocycles. The number of fused-ring (bicyclic) bond motifs is 1. The second-order valence-corrected chi connectivity index (χ2v) is 7.53. The van der Waals surface area contributed by atoms with Crippen LogP contribution in [-0.4, -0.2) is 18.0 Å². The summed E-state index contributed by atoms with van der Waals surface area (Å²) in [7, 11) is 1.47. The predicted octanol–water partition coefficient (Wildman–Crippen LogP) is 6.80. The molecule has 7 heteroatoms. The average Bonchev–Trinajstić information content (AvgIpc) is 2.83. The van der Waals surface area contributed by atoms with E-state index in [1.165, 1.54) is 19.2 Å². The number of ether oxygens (including phenoxy) is 2. The predicted molar refractivity (Wildman–Crippen MR) is 129 cm³/mol. The quantitative estimate of drug-likeness (QED) is 0.104. The van der Waals surface area contributed by atoms with E-state index in [9.17, 15) is 14.9 Å². The van der Waals surface area contributed by atoms with E-state index in [0.29, 0.717) is 5.75 Å². The van der Waals surface area contributed by atoms with Crippen LogP contribution in [0.2, 0.25) is 5.02 Å². The molecule has 0 aliphatic carbocycles. The van der Waals surface area contributed by atoms with Crippen molar-refractivity contribution in [2.75, 3.05) is 7.11 Å². The summed E-state index contributed by atoms with van der Waals surface area (Å²) in [5.41, 5.74) is 1.56. The van der Waals surface area contributed by atoms with Crippen LogP contribution >= 0.6 is 11.6 Å². The lowest BCUT2D eigenvalue weighted by atomic mass is 10.0. The summed E-state index contributed by atoms with van der Waals surface area (Å²) in [5, 5.41) is 13.3. The van der Waals surface area contributed by atoms with Gasteiger partial charge in [0.05, 0.1) is 17.6 Å². The summed E-state index contributed by atoms with van der Waals surface area (Å²) in [6, 6.07) is 23.1. The van der Waals surface area contributed by atoms with Crippen LogP contribution in [0.15, 0.2) is 78.9 Å². The molecule has 0 bridgehead atoms. The highest BCUT2D eigenvalue weighted by atomic mass is 35.5. The maximum Gasteiger partial charge on any atom is 0.343 e. The average molecular weight is 460 g/mol. The first-order valence-electron chi connectivity index (χ1n) is 9.96. The smallest absolute Gasteiger partial charge is 0.343 e. The molecule has 0 amide bonds. The molecule has 0 atom stereocenters. The highest BCUT2D eigenvalue weighted by molar-refractivity contribution is 6.32. The number of nitrogens with zero attached hydrogens (tertiary/aromatic N) is 1. The number of carbonyl (C=O) groups is 1. The van der Waals surface area contributed by atoms with Crippen molar-refractivity contribution in [1.29, 1.82) is 0 Å². The Morgan fingerprint density at radius 3 is 2.52 bits per heavy atom. The van der Waals surface area contributed by atoms with Crippen LogP contribution in [0.3, 0.4) is 0 Å². The van der Waals surface area contributed by atoms with Gasteiger partial charge in [-0.25, -0.2) is 4.79 Å². The first-order chi connectivity index (χ1) is 16.0. The lowest BCUT2D eigenvalue weighted by Gasteiger charge is -2.10. The molecule has 0 aliphatic rings. The molecule has 0 aliphatic heterocycles. The maximum absolute atomic E-state index is 12.5. The van der Waals surface area contributed by atoms with Crippen LogP contribution in [0, 0.1) is 10.1 Å². The van der Waals surface area contributed by atoms with E-state index in [0.717, 1.165) is 28.0 Å². The molecule has 33 heavy (non-hydrogen) atoms. The minimum absolute atomic E-state index is 0.00748. The number of esters is 1. The molecule has 4 aromatic carbocycles. The molecule has 0 saturated carbocycles. The van der Waals surface area contributed by atoms with Gasteiger partial charge in [0.2, 0.25) is 0 Å². The number of hydrogen-bond donors (Lipinski definition) is 0. The van der Waals surface area contributed by atoms with Gasteiger partial charge in [-0.1, -0.05) is 72.3 Å². The molecule has 0 spiro atoms. The summed E-state index contributed by atoms with van der Waals surface area (Å²) in [6.07, 6.45) is 3.95. The molecule has 0 N–H and O–H groups in total. The fourth-order valence-electron chi connectivity index (χ4n) is 3.39. The SMILES string of the molecule is COc1cc(/C=C/c2cccc3ccccc23)ccc1OC(=O)c1ccc(Cl)c([N+](=O)[O-])c1. The van der Waals surface area contributed by atoms with E-state index in [1.54, 1.807) is 18.2 Å². The van der Waals surface area contributed by atoms with Gasteiger partial charge >= 0.3 is 5.97 Å². The first-order valence-corrected chi connectivity index (χ1v) is 10.3. The van der Waals surface area contributed by atoms with Crippen LogP contribution in [0.4, 0.5) is 5.69 Å². The molecule has 0 heterocycles. The number of methoxy groups -OCH3 is 1. The second kappa shape index (κ2) is 9.54. The van der Waals surface area contributed by atoms with Crippen molar-refractivity contribution >= 4 is 46.2 Å². The van der Waals surface area contributed by atoms with Crippen LogP contribution < -0.4 is 9.47 Å². The lowest BCUT2D eigenvalue weighted by molar-refractivity contribution is -0.384. The Balaban J connectivity index is 1.57. The van der Waals surface area contributed by atoms with E-state index < -0.39 is 10.9 Å². The number of nitro groups is 1. The number of rotatable bonds is 6. The van der Waals surface area contributed by atoms with E-state index in [4.69, 9.17) is 21.1 Å². The first kappa shape index (κ1) is 22.0. The largest absolute Gasteiger partial charge is 0.493 e. The number of halogens is 1. The highest BCUT2D eigenvalue weighted by Gasteiger charge is 2.19. The maximum atomic E-state index is 12.5. The summed E-state index contributed by atoms with van der Waals surface area (Å²) >= 11 is 5.81. The Morgan fingerprint density at radius 1 is 0.939 bits per heavy atom. The van der Waals surface area contributed by atoms with Crippen LogP contribution in [0.5, 0.6) is 11.5 Å². The van der Waals surface area contributed by atoms with E-state index in [-0.39, 0.29) is 22.0 Å². The zero-order valence-electron chi connectivity index (χ0n) is 17.5. The van der Waals surface area contributed by atoms with Gasteiger partial charge < -0.3 is 9.47 Å². The van der Waals surface area contributed by atoms with Crippen molar-refractivity contribution in [2.24, 2.45) is 0 Å². The Hall–Kier alpha value is -4.16. The number of benzene rings is 4. The van der Waals surface area contributed by atoms with E-state index in [1.807, 2.05) is 36.4 Å². The summed E-state index contributed by atoms with van der Waals surface area (Å²) in [5.74, 6) is -0.207. The normalized spacial score (nSPS) is 11.0. The minimum Gasteiger partial charge on any atom is -0.493 e. The van der Waals surface area contributed by atoms with Gasteiger partial charge in [-0.05, 0) is 46.2 Å². The molecular formula is C26H18ClNO5. The monoisotopic (exact) mass is 459 g/mol. The fraction of sp³-hybridized carbons (Fsp3) is 0.0385. The molecule has 164 valence electrons. The van der Waals surface area contributed by atoms with Crippen LogP contribution in [-0.2, 0) is 0 Å². The molecular weight excluding hydrogens is 442 g/mol. The molecule has 4 rings (SSSR count). The van der Waals surface area contributed by atoms with E-state index >= 15 is 0 Å². The van der Waals surface area contributed by atoms with Gasteiger partial charge in [-0.15, -0.1) is 0 Å². The molecule has 0 saturated heterocycles. The zero-order valence-corrected chi connectivity index (χ0v) is 18.3. The third-order valence-electron chi connectivity index (χ3n) is 5.05. The Kier molecular flexibility index (Phi) is 6.38. The molecule has 0 radical (unpaired) electrons. The molecule has 4 aromatic rings. The van der Waals surface area contributed by atoms with Gasteiger partial charge in [0.25, 0.3) is 5.69 Å². The standard InChI is InChI=1S/C26H18ClNO5/c1-32-25-15-17(9-11-19-7-4-6-18-5-2-3-8-21(18)19)10-14-24(25)33-26(29)20-12-13-22(27)23(16-20)28(30)31/h2-16H,1H3/b11-9+. The van der Waals surface area contributed by atoms with Crippen molar-refractivity contribution < 1.29 is 19.2 Å². The zero-order chi connectivity index (χ0) is 23.4. The topological polar surface area (TPSA) is 78.7 Å². The van der Waals surface area contributed by atoms with E-state index in [2.05, 4.69) is 18.2 Å². The van der Waals surface area contributed by atoms with Gasteiger partial charge in [-0.3, -0.25) is 10.1 Å². The van der Waals surface area contributed by atoms with Crippen molar-refractivity contribution in [3.05, 3.63) is 111 Å². The van der Waals surface area contributed by atoms with Crippen LogP contribution in [0.1, 0.15) is 21.5 Å².